The molecule has 324 valence electrons. The van der Waals surface area contributed by atoms with E-state index in [9.17, 15) is 35.1 Å². The van der Waals surface area contributed by atoms with Crippen LogP contribution in [0.1, 0.15) is 33.4 Å². The molecule has 0 amide bonds. The molecule has 0 bridgehead atoms. The molecule has 0 aromatic heterocycles. The van der Waals surface area contributed by atoms with Crippen LogP contribution in [0.3, 0.4) is 0 Å². The van der Waals surface area contributed by atoms with Gasteiger partial charge in [0, 0.05) is 44.5 Å². The van der Waals surface area contributed by atoms with Gasteiger partial charge in [-0.1, -0.05) is 0 Å². The molecule has 0 unspecified atom stereocenters. The van der Waals surface area contributed by atoms with Gasteiger partial charge >= 0.3 is 41.5 Å². The number of hydrogen-bond donors (Lipinski definition) is 0. The third kappa shape index (κ3) is 4.00. The fraction of sp³-hybridized carbons (Fsp3) is 0.250. The van der Waals surface area contributed by atoms with Crippen molar-refractivity contribution in [1.82, 2.24) is 0 Å². The molecule has 0 aliphatic heterocycles. The molecule has 28 heteroatoms. The van der Waals surface area contributed by atoms with Crippen LogP contribution in [-0.2, 0) is 17.3 Å². The largest absolute Gasteiger partial charge is 0.384 e. The molecule has 0 heterocycles. The van der Waals surface area contributed by atoms with E-state index in [1.807, 2.05) is 0 Å². The van der Waals surface area contributed by atoms with E-state index in [1.165, 1.54) is 0 Å². The highest BCUT2D eigenvalue weighted by Crippen LogP contribution is 2.77. The zero-order valence-electron chi connectivity index (χ0n) is 26.6. The van der Waals surface area contributed by atoms with Crippen molar-refractivity contribution in [3.8, 4) is 22.3 Å². The Bertz CT molecular complexity index is 2510. The topological polar surface area (TPSA) is 0 Å². The first kappa shape index (κ1) is 43.0. The lowest BCUT2D eigenvalue weighted by Gasteiger charge is -2.57. The van der Waals surface area contributed by atoms with Crippen LogP contribution in [0.15, 0.2) is 0 Å². The van der Waals surface area contributed by atoms with Gasteiger partial charge in [0.1, 0.15) is 0 Å². The van der Waals surface area contributed by atoms with Crippen molar-refractivity contribution in [2.24, 2.45) is 0 Å². The Labute approximate surface area is 307 Å². The van der Waals surface area contributed by atoms with Gasteiger partial charge in [-0.2, -0.15) is 61.5 Å². The number of benzene rings is 4. The second kappa shape index (κ2) is 11.4. The van der Waals surface area contributed by atoms with Gasteiger partial charge in [0.25, 0.3) is 0 Å². The number of alkyl halides is 14. The Hall–Kier alpha value is -5.08. The van der Waals surface area contributed by atoms with Gasteiger partial charge in [0.05, 0.1) is 11.1 Å². The number of halogens is 28. The van der Waals surface area contributed by atoms with Crippen molar-refractivity contribution in [2.45, 2.75) is 46.9 Å². The van der Waals surface area contributed by atoms with E-state index in [2.05, 4.69) is 0 Å². The second-order valence-electron chi connectivity index (χ2n) is 12.9. The lowest BCUT2D eigenvalue weighted by Crippen LogP contribution is -2.84. The van der Waals surface area contributed by atoms with Gasteiger partial charge < -0.3 is 0 Å². The standard InChI is InChI=1S/C32F28/c33-11-1-3-7(15(37)23(45)21(43)13(3)35)26(47,48)5(1)9(17(39)19(11)41)25(28(51,52)30(55,56)32(59,60)31(57,58)29(25,53)54)10-6-2(12(34)20(42)18(10)40)4-8(27(6,49)50)16(38)24(46)22(44)14(4)36. The molecule has 1 fully saturated rings. The zero-order chi connectivity index (χ0) is 45.9. The van der Waals surface area contributed by atoms with E-state index in [0.717, 1.165) is 0 Å². The molecule has 4 aromatic rings. The minimum atomic E-state index is -8.94. The molecule has 0 N–H and O–H groups in total. The quantitative estimate of drug-likeness (QED) is 0.107. The first-order valence-electron chi connectivity index (χ1n) is 14.8. The van der Waals surface area contributed by atoms with Crippen molar-refractivity contribution in [3.63, 3.8) is 0 Å². The van der Waals surface area contributed by atoms with Crippen molar-refractivity contribution >= 4 is 0 Å². The van der Waals surface area contributed by atoms with Crippen LogP contribution < -0.4 is 0 Å². The Morgan fingerprint density at radius 2 is 0.367 bits per heavy atom. The molecule has 0 saturated heterocycles. The maximum absolute atomic E-state index is 16.7. The van der Waals surface area contributed by atoms with E-state index in [4.69, 9.17) is 0 Å². The fourth-order valence-electron chi connectivity index (χ4n) is 7.71. The summed E-state index contributed by atoms with van der Waals surface area (Å²) in [5.41, 5.74) is -47.8. The predicted octanol–water partition coefficient (Wildman–Crippen LogP) is 12.4. The van der Waals surface area contributed by atoms with Crippen LogP contribution in [0.5, 0.6) is 0 Å². The first-order chi connectivity index (χ1) is 27.0. The van der Waals surface area contributed by atoms with Crippen LogP contribution in [0, 0.1) is 81.4 Å². The van der Waals surface area contributed by atoms with Gasteiger partial charge in [-0.25, -0.2) is 61.5 Å². The van der Waals surface area contributed by atoms with Crippen LogP contribution >= 0.6 is 0 Å². The van der Waals surface area contributed by atoms with Gasteiger partial charge in [-0.3, -0.25) is 0 Å². The Morgan fingerprint density at radius 1 is 0.183 bits per heavy atom. The average Bonchev–Trinajstić information content (AvgIpc) is 3.54. The molecule has 0 radical (unpaired) electrons. The summed E-state index contributed by atoms with van der Waals surface area (Å²) in [5, 5.41) is 0. The number of rotatable bonds is 2. The van der Waals surface area contributed by atoms with Gasteiger partial charge in [-0.05, 0) is 0 Å². The summed E-state index contributed by atoms with van der Waals surface area (Å²) in [6.07, 6.45) is 0. The zero-order valence-corrected chi connectivity index (χ0v) is 26.6. The SMILES string of the molecule is Fc1c(F)c(F)c2c(c1F)-c1c(F)c(F)c(F)c(C3(c4c(F)c(F)c(F)c5c4C(F)(F)c4c(F)c(F)c(F)c(F)c4-5)C(F)(F)C(F)(F)C(F)(F)C(F)(F)C3(F)F)c1C2(F)F. The van der Waals surface area contributed by atoms with E-state index < -0.39 is 184 Å². The smallest absolute Gasteiger partial charge is 0.203 e. The fourth-order valence-corrected chi connectivity index (χ4v) is 7.71. The molecule has 0 nitrogen and oxygen atoms in total. The van der Waals surface area contributed by atoms with Crippen molar-refractivity contribution in [1.29, 1.82) is 0 Å². The van der Waals surface area contributed by atoms with Gasteiger partial charge in [0.2, 0.25) is 0 Å². The summed E-state index contributed by atoms with van der Waals surface area (Å²) >= 11 is 0. The van der Waals surface area contributed by atoms with Crippen LogP contribution in [0.25, 0.3) is 22.3 Å². The second-order valence-corrected chi connectivity index (χ2v) is 12.9. The Balaban J connectivity index is 1.91. The Kier molecular flexibility index (Phi) is 8.20. The van der Waals surface area contributed by atoms with Crippen LogP contribution in [0.4, 0.5) is 123 Å². The first-order valence-corrected chi connectivity index (χ1v) is 14.8. The summed E-state index contributed by atoms with van der Waals surface area (Å²) in [6, 6.07) is 0. The molecular weight excluding hydrogens is 916 g/mol. The molecule has 60 heavy (non-hydrogen) atoms. The normalized spacial score (nSPS) is 21.4. The molecule has 7 rings (SSSR count). The molecule has 3 aliphatic rings. The van der Waals surface area contributed by atoms with Gasteiger partial charge in [-0.15, -0.1) is 0 Å². The summed E-state index contributed by atoms with van der Waals surface area (Å²) in [5.74, 6) is -112. The minimum absolute atomic E-state index is 3.24. The monoisotopic (exact) mass is 916 g/mol. The maximum atomic E-state index is 16.7. The van der Waals surface area contributed by atoms with E-state index in [0.29, 0.717) is 0 Å². The average molecular weight is 916 g/mol. The summed E-state index contributed by atoms with van der Waals surface area (Å²) in [7, 11) is 0. The van der Waals surface area contributed by atoms with Crippen molar-refractivity contribution < 1.29 is 123 Å². The highest BCUT2D eigenvalue weighted by molar-refractivity contribution is 5.86. The maximum Gasteiger partial charge on any atom is 0.384 e. The summed E-state index contributed by atoms with van der Waals surface area (Å²) in [6.45, 7) is 0. The molecule has 0 spiro atoms. The molecule has 0 atom stereocenters. The van der Waals surface area contributed by atoms with Crippen LogP contribution in [0.2, 0.25) is 0 Å². The molecule has 3 aliphatic carbocycles. The van der Waals surface area contributed by atoms with E-state index in [1.54, 1.807) is 0 Å². The molecule has 1 saturated carbocycles. The van der Waals surface area contributed by atoms with Gasteiger partial charge in [0.15, 0.2) is 86.9 Å². The van der Waals surface area contributed by atoms with Crippen molar-refractivity contribution in [2.75, 3.05) is 0 Å². The molecule has 4 aromatic carbocycles. The predicted molar refractivity (Wildman–Crippen MR) is 135 cm³/mol. The van der Waals surface area contributed by atoms with Crippen molar-refractivity contribution in [3.05, 3.63) is 115 Å². The summed E-state index contributed by atoms with van der Waals surface area (Å²) < 4.78 is 434. The molecular formula is C32F28. The summed E-state index contributed by atoms with van der Waals surface area (Å²) in [4.78, 5) is 0. The number of fused-ring (bicyclic) bond motifs is 6. The minimum Gasteiger partial charge on any atom is -0.203 e. The third-order valence-corrected chi connectivity index (χ3v) is 10.2. The lowest BCUT2D eigenvalue weighted by molar-refractivity contribution is -0.466. The van der Waals surface area contributed by atoms with E-state index >= 15 is 87.8 Å². The number of hydrogen-bond acceptors (Lipinski definition) is 0. The highest BCUT2D eigenvalue weighted by atomic mass is 19.4. The van der Waals surface area contributed by atoms with E-state index in [-0.39, 0.29) is 0 Å². The van der Waals surface area contributed by atoms with Crippen LogP contribution in [-0.4, -0.2) is 29.6 Å². The highest BCUT2D eigenvalue weighted by Gasteiger charge is 3.01. The third-order valence-electron chi connectivity index (χ3n) is 10.2. The lowest BCUT2D eigenvalue weighted by atomic mass is 9.54. The Morgan fingerprint density at radius 3 is 0.633 bits per heavy atom.